The third-order valence-corrected chi connectivity index (χ3v) is 9.34. The maximum atomic E-state index is 13.1. The van der Waals surface area contributed by atoms with Crippen molar-refractivity contribution in [2.45, 2.75) is 30.4 Å². The van der Waals surface area contributed by atoms with E-state index in [1.54, 1.807) is 0 Å². The molecule has 188 valence electrons. The first-order chi connectivity index (χ1) is 17.3. The van der Waals surface area contributed by atoms with Crippen LogP contribution in [0.4, 0.5) is 0 Å². The number of benzene rings is 3. The molecule has 4 rings (SSSR count). The number of carbonyl (C=O) groups is 1. The van der Waals surface area contributed by atoms with Gasteiger partial charge in [-0.25, -0.2) is 13.8 Å². The minimum atomic E-state index is -3.82. The number of carbonyl (C=O) groups excluding carboxylic acids is 1. The summed E-state index contributed by atoms with van der Waals surface area (Å²) in [5.74, 6) is 0.323. The molecule has 1 saturated heterocycles. The number of hydrogen-bond acceptors (Lipinski definition) is 5. The van der Waals surface area contributed by atoms with Crippen LogP contribution in [0.25, 0.3) is 0 Å². The van der Waals surface area contributed by atoms with Crippen LogP contribution < -0.4 is 10.2 Å². The van der Waals surface area contributed by atoms with E-state index < -0.39 is 22.0 Å². The smallest absolute Gasteiger partial charge is 0.258 e. The van der Waals surface area contributed by atoms with E-state index in [4.69, 9.17) is 16.3 Å². The van der Waals surface area contributed by atoms with Crippen LogP contribution in [0.3, 0.4) is 0 Å². The number of sulfonamides is 1. The van der Waals surface area contributed by atoms with Crippen LogP contribution in [0.1, 0.15) is 24.0 Å². The van der Waals surface area contributed by atoms with Gasteiger partial charge in [0.25, 0.3) is 5.91 Å². The fourth-order valence-corrected chi connectivity index (χ4v) is 7.71. The number of nitrogens with one attached hydrogen (secondary N) is 1. The molecule has 1 atom stereocenters. The monoisotopic (exact) mass is 749 g/mol. The summed E-state index contributed by atoms with van der Waals surface area (Å²) < 4.78 is 35.2. The SMILES string of the molecule is O=C(N/N=C\c1cc(I)c(OCc2ccccc2)c(I)c1)[C@H]1CCCN1S(=O)(=O)c1ccc(Cl)cc1. The summed E-state index contributed by atoms with van der Waals surface area (Å²) in [6, 6.07) is 18.8. The number of halogens is 3. The van der Waals surface area contributed by atoms with Gasteiger partial charge in [0.2, 0.25) is 10.0 Å². The molecule has 7 nitrogen and oxygen atoms in total. The van der Waals surface area contributed by atoms with Gasteiger partial charge in [0.1, 0.15) is 18.4 Å². The summed E-state index contributed by atoms with van der Waals surface area (Å²) in [4.78, 5) is 12.9. The van der Waals surface area contributed by atoms with E-state index in [-0.39, 0.29) is 11.4 Å². The van der Waals surface area contributed by atoms with E-state index in [0.29, 0.717) is 24.5 Å². The number of hydrazone groups is 1. The Kier molecular flexibility index (Phi) is 9.25. The lowest BCUT2D eigenvalue weighted by Gasteiger charge is -2.22. The zero-order valence-corrected chi connectivity index (χ0v) is 24.8. The molecule has 1 aliphatic rings. The highest BCUT2D eigenvalue weighted by atomic mass is 127. The van der Waals surface area contributed by atoms with E-state index in [0.717, 1.165) is 24.0 Å². The average molecular weight is 750 g/mol. The Bertz CT molecular complexity index is 1350. The van der Waals surface area contributed by atoms with Gasteiger partial charge in [0.15, 0.2) is 0 Å². The lowest BCUT2D eigenvalue weighted by atomic mass is 10.2. The summed E-state index contributed by atoms with van der Waals surface area (Å²) >= 11 is 10.3. The third kappa shape index (κ3) is 6.57. The molecule has 1 heterocycles. The fourth-order valence-electron chi connectivity index (χ4n) is 3.80. The second kappa shape index (κ2) is 12.2. The summed E-state index contributed by atoms with van der Waals surface area (Å²) in [5, 5.41) is 4.53. The molecule has 0 aromatic heterocycles. The molecule has 3 aromatic rings. The predicted octanol–water partition coefficient (Wildman–Crippen LogP) is 5.43. The topological polar surface area (TPSA) is 88.1 Å². The average Bonchev–Trinajstić information content (AvgIpc) is 3.36. The zero-order valence-electron chi connectivity index (χ0n) is 18.9. The van der Waals surface area contributed by atoms with Crippen molar-refractivity contribution in [1.82, 2.24) is 9.73 Å². The van der Waals surface area contributed by atoms with Gasteiger partial charge >= 0.3 is 0 Å². The summed E-state index contributed by atoms with van der Waals surface area (Å²) in [5.41, 5.74) is 4.37. The van der Waals surface area contributed by atoms with Gasteiger partial charge in [-0.05, 0) is 106 Å². The van der Waals surface area contributed by atoms with Crippen LogP contribution in [0.5, 0.6) is 5.75 Å². The Hall–Kier alpha value is -1.74. The van der Waals surface area contributed by atoms with Crippen LogP contribution >= 0.6 is 56.8 Å². The highest BCUT2D eigenvalue weighted by molar-refractivity contribution is 14.1. The van der Waals surface area contributed by atoms with Gasteiger partial charge in [0, 0.05) is 11.6 Å². The lowest BCUT2D eigenvalue weighted by Crippen LogP contribution is -2.44. The minimum absolute atomic E-state index is 0.105. The van der Waals surface area contributed by atoms with Crippen molar-refractivity contribution in [1.29, 1.82) is 0 Å². The first-order valence-electron chi connectivity index (χ1n) is 11.0. The van der Waals surface area contributed by atoms with Crippen molar-refractivity contribution >= 4 is 78.9 Å². The summed E-state index contributed by atoms with van der Waals surface area (Å²) in [7, 11) is -3.82. The molecular weight excluding hydrogens is 728 g/mol. The largest absolute Gasteiger partial charge is 0.487 e. The molecular formula is C25H22ClI2N3O4S. The molecule has 0 radical (unpaired) electrons. The van der Waals surface area contributed by atoms with Crippen LogP contribution in [0, 0.1) is 7.14 Å². The Labute approximate surface area is 242 Å². The predicted molar refractivity (Wildman–Crippen MR) is 157 cm³/mol. The number of amides is 1. The molecule has 1 amide bonds. The Morgan fingerprint density at radius 2 is 1.78 bits per heavy atom. The highest BCUT2D eigenvalue weighted by Crippen LogP contribution is 2.30. The number of hydrogen-bond donors (Lipinski definition) is 1. The Balaban J connectivity index is 1.40. The number of ether oxygens (including phenoxy) is 1. The van der Waals surface area contributed by atoms with Gasteiger partial charge in [-0.3, -0.25) is 4.79 Å². The quantitative estimate of drug-likeness (QED) is 0.189. The van der Waals surface area contributed by atoms with E-state index in [1.165, 1.54) is 34.8 Å². The molecule has 36 heavy (non-hydrogen) atoms. The molecule has 0 unspecified atom stereocenters. The van der Waals surface area contributed by atoms with Gasteiger partial charge < -0.3 is 4.74 Å². The van der Waals surface area contributed by atoms with Crippen molar-refractivity contribution in [3.63, 3.8) is 0 Å². The van der Waals surface area contributed by atoms with Gasteiger partial charge in [-0.2, -0.15) is 9.41 Å². The first-order valence-corrected chi connectivity index (χ1v) is 15.0. The molecule has 0 saturated carbocycles. The fraction of sp³-hybridized carbons (Fsp3) is 0.200. The molecule has 11 heteroatoms. The molecule has 1 fully saturated rings. The standard InChI is InChI=1S/C25H22ClI2N3O4S/c26-19-8-10-20(11-9-19)36(33,34)31-12-4-7-23(31)25(32)30-29-15-18-13-21(27)24(22(28)14-18)35-16-17-5-2-1-3-6-17/h1-3,5-6,8-11,13-15,23H,4,7,12,16H2,(H,30,32)/b29-15-/t23-/m1/s1. The van der Waals surface area contributed by atoms with Crippen molar-refractivity contribution in [3.05, 3.63) is 90.0 Å². The van der Waals surface area contributed by atoms with Crippen LogP contribution in [0.15, 0.2) is 76.7 Å². The Morgan fingerprint density at radius 3 is 2.44 bits per heavy atom. The highest BCUT2D eigenvalue weighted by Gasteiger charge is 2.39. The van der Waals surface area contributed by atoms with E-state index in [9.17, 15) is 13.2 Å². The van der Waals surface area contributed by atoms with Gasteiger partial charge in [0.05, 0.1) is 18.3 Å². The third-order valence-electron chi connectivity index (χ3n) is 5.56. The molecule has 0 spiro atoms. The van der Waals surface area contributed by atoms with Crippen molar-refractivity contribution in [2.24, 2.45) is 5.10 Å². The first kappa shape index (κ1) is 27.3. The summed E-state index contributed by atoms with van der Waals surface area (Å²) in [6.45, 7) is 0.737. The lowest BCUT2D eigenvalue weighted by molar-refractivity contribution is -0.124. The second-order valence-corrected chi connectivity index (χ2v) is 12.7. The number of nitrogens with zero attached hydrogens (tertiary/aromatic N) is 2. The second-order valence-electron chi connectivity index (χ2n) is 8.05. The summed E-state index contributed by atoms with van der Waals surface area (Å²) in [6.07, 6.45) is 2.56. The number of rotatable bonds is 8. The van der Waals surface area contributed by atoms with Crippen LogP contribution in [0.2, 0.25) is 5.02 Å². The van der Waals surface area contributed by atoms with E-state index >= 15 is 0 Å². The van der Waals surface area contributed by atoms with E-state index in [1.807, 2.05) is 42.5 Å². The Morgan fingerprint density at radius 1 is 1.11 bits per heavy atom. The van der Waals surface area contributed by atoms with E-state index in [2.05, 4.69) is 55.7 Å². The zero-order chi connectivity index (χ0) is 25.7. The van der Waals surface area contributed by atoms with Gasteiger partial charge in [-0.1, -0.05) is 41.9 Å². The van der Waals surface area contributed by atoms with Crippen molar-refractivity contribution < 1.29 is 17.9 Å². The molecule has 0 bridgehead atoms. The molecule has 1 aliphatic heterocycles. The minimum Gasteiger partial charge on any atom is -0.487 e. The maximum absolute atomic E-state index is 13.1. The maximum Gasteiger partial charge on any atom is 0.258 e. The van der Waals surface area contributed by atoms with Gasteiger partial charge in [-0.15, -0.1) is 0 Å². The van der Waals surface area contributed by atoms with Crippen molar-refractivity contribution in [3.8, 4) is 5.75 Å². The molecule has 1 N–H and O–H groups in total. The molecule has 0 aliphatic carbocycles. The van der Waals surface area contributed by atoms with Crippen LogP contribution in [-0.4, -0.2) is 37.4 Å². The molecule has 3 aromatic carbocycles. The normalized spacial score (nSPS) is 16.4. The van der Waals surface area contributed by atoms with Crippen LogP contribution in [-0.2, 0) is 21.4 Å². The van der Waals surface area contributed by atoms with Crippen molar-refractivity contribution in [2.75, 3.05) is 6.54 Å².